The lowest BCUT2D eigenvalue weighted by atomic mass is 9.84. The molecule has 0 saturated carbocycles. The lowest BCUT2D eigenvalue weighted by Crippen LogP contribution is -2.49. The Morgan fingerprint density at radius 2 is 1.56 bits per heavy atom. The van der Waals surface area contributed by atoms with Crippen molar-refractivity contribution >= 4 is 5.91 Å². The Labute approximate surface area is 155 Å². The number of likely N-dealkylation sites (tertiary alicyclic amines) is 1. The SMILES string of the molecule is N#CC1CC(F)CN1C(=O)[C@@H](N)C(c1ccc(F)cc1)c1ccc(F)cc1. The zero-order valence-electron chi connectivity index (χ0n) is 14.4. The van der Waals surface area contributed by atoms with Crippen LogP contribution in [-0.4, -0.2) is 35.6 Å². The number of hydrogen-bond acceptors (Lipinski definition) is 3. The normalized spacial score (nSPS) is 20.5. The van der Waals surface area contributed by atoms with E-state index in [2.05, 4.69) is 0 Å². The highest BCUT2D eigenvalue weighted by Crippen LogP contribution is 2.30. The number of nitrogens with two attached hydrogens (primary N) is 1. The van der Waals surface area contributed by atoms with Crippen LogP contribution >= 0.6 is 0 Å². The van der Waals surface area contributed by atoms with Gasteiger partial charge in [-0.1, -0.05) is 24.3 Å². The molecule has 3 rings (SSSR count). The summed E-state index contributed by atoms with van der Waals surface area (Å²) in [5, 5.41) is 9.18. The number of carbonyl (C=O) groups is 1. The largest absolute Gasteiger partial charge is 0.322 e. The first-order valence-corrected chi connectivity index (χ1v) is 8.51. The molecule has 3 atom stereocenters. The van der Waals surface area contributed by atoms with Crippen LogP contribution in [0, 0.1) is 23.0 Å². The molecule has 2 unspecified atom stereocenters. The summed E-state index contributed by atoms with van der Waals surface area (Å²) in [6, 6.07) is 10.9. The summed E-state index contributed by atoms with van der Waals surface area (Å²) in [4.78, 5) is 14.1. The highest BCUT2D eigenvalue weighted by atomic mass is 19.1. The van der Waals surface area contributed by atoms with Crippen LogP contribution in [0.2, 0.25) is 0 Å². The Hall–Kier alpha value is -2.85. The molecule has 1 fully saturated rings. The van der Waals surface area contributed by atoms with Crippen molar-refractivity contribution in [3.63, 3.8) is 0 Å². The number of nitriles is 1. The molecule has 1 amide bonds. The van der Waals surface area contributed by atoms with Gasteiger partial charge in [0.05, 0.1) is 18.7 Å². The Morgan fingerprint density at radius 3 is 2.00 bits per heavy atom. The molecule has 140 valence electrons. The first-order chi connectivity index (χ1) is 12.9. The van der Waals surface area contributed by atoms with Crippen LogP contribution in [0.5, 0.6) is 0 Å². The topological polar surface area (TPSA) is 70.1 Å². The van der Waals surface area contributed by atoms with Crippen molar-refractivity contribution in [3.05, 3.63) is 71.3 Å². The highest BCUT2D eigenvalue weighted by Gasteiger charge is 2.40. The predicted molar refractivity (Wildman–Crippen MR) is 93.2 cm³/mol. The first kappa shape index (κ1) is 18.9. The Bertz CT molecular complexity index is 803. The number of hydrogen-bond donors (Lipinski definition) is 1. The maximum atomic E-state index is 13.7. The monoisotopic (exact) mass is 373 g/mol. The minimum Gasteiger partial charge on any atom is -0.322 e. The predicted octanol–water partition coefficient (Wildman–Crippen LogP) is 2.89. The average Bonchev–Trinajstić information content (AvgIpc) is 3.05. The molecule has 27 heavy (non-hydrogen) atoms. The minimum atomic E-state index is -1.28. The molecule has 1 heterocycles. The number of carbonyl (C=O) groups excluding carboxylic acids is 1. The molecule has 1 saturated heterocycles. The highest BCUT2D eigenvalue weighted by molar-refractivity contribution is 5.84. The lowest BCUT2D eigenvalue weighted by molar-refractivity contribution is -0.133. The smallest absolute Gasteiger partial charge is 0.241 e. The average molecular weight is 373 g/mol. The van der Waals surface area contributed by atoms with Gasteiger partial charge in [0.2, 0.25) is 5.91 Å². The zero-order chi connectivity index (χ0) is 19.6. The molecular formula is C20H18F3N3O. The third-order valence-electron chi connectivity index (χ3n) is 4.78. The third kappa shape index (κ3) is 3.96. The molecule has 0 bridgehead atoms. The van der Waals surface area contributed by atoms with Crippen molar-refractivity contribution < 1.29 is 18.0 Å². The molecular weight excluding hydrogens is 355 g/mol. The second-order valence-electron chi connectivity index (χ2n) is 6.58. The van der Waals surface area contributed by atoms with E-state index >= 15 is 0 Å². The van der Waals surface area contributed by atoms with Crippen LogP contribution in [0.4, 0.5) is 13.2 Å². The molecule has 0 aromatic heterocycles. The van der Waals surface area contributed by atoms with Crippen molar-refractivity contribution in [2.75, 3.05) is 6.54 Å². The molecule has 0 spiro atoms. The Kier molecular flexibility index (Phi) is 5.47. The standard InChI is InChI=1S/C20H18F3N3O/c21-14-5-1-12(2-6-14)18(13-3-7-15(22)8-4-13)19(25)20(27)26-11-16(23)9-17(26)10-24/h1-8,16-19H,9,11,25H2/t16?,17?,19-/m0/s1. The van der Waals surface area contributed by atoms with E-state index in [-0.39, 0.29) is 13.0 Å². The third-order valence-corrected chi connectivity index (χ3v) is 4.78. The van der Waals surface area contributed by atoms with Crippen molar-refractivity contribution in [1.29, 1.82) is 5.26 Å². The van der Waals surface area contributed by atoms with Gasteiger partial charge in [-0.15, -0.1) is 0 Å². The van der Waals surface area contributed by atoms with Crippen molar-refractivity contribution in [3.8, 4) is 6.07 Å². The van der Waals surface area contributed by atoms with E-state index in [0.717, 1.165) is 4.90 Å². The number of nitrogens with zero attached hydrogens (tertiary/aromatic N) is 2. The number of halogens is 3. The van der Waals surface area contributed by atoms with E-state index in [0.29, 0.717) is 11.1 Å². The van der Waals surface area contributed by atoms with E-state index in [1.54, 1.807) is 0 Å². The Balaban J connectivity index is 1.96. The van der Waals surface area contributed by atoms with E-state index in [4.69, 9.17) is 5.73 Å². The van der Waals surface area contributed by atoms with Crippen LogP contribution in [0.3, 0.4) is 0 Å². The van der Waals surface area contributed by atoms with Gasteiger partial charge in [0.15, 0.2) is 0 Å². The molecule has 0 aliphatic carbocycles. The van der Waals surface area contributed by atoms with Gasteiger partial charge in [0.25, 0.3) is 0 Å². The summed E-state index contributed by atoms with van der Waals surface area (Å²) in [6.07, 6.45) is -1.33. The van der Waals surface area contributed by atoms with Gasteiger partial charge in [-0.05, 0) is 35.4 Å². The van der Waals surface area contributed by atoms with Gasteiger partial charge in [0.1, 0.15) is 23.8 Å². The molecule has 4 nitrogen and oxygen atoms in total. The number of amides is 1. The summed E-state index contributed by atoms with van der Waals surface area (Å²) in [7, 11) is 0. The minimum absolute atomic E-state index is 0.0489. The van der Waals surface area contributed by atoms with Gasteiger partial charge in [-0.2, -0.15) is 5.26 Å². The van der Waals surface area contributed by atoms with Crippen LogP contribution in [-0.2, 0) is 4.79 Å². The van der Waals surface area contributed by atoms with Gasteiger partial charge in [-0.3, -0.25) is 4.79 Å². The number of alkyl halides is 1. The maximum absolute atomic E-state index is 13.7. The van der Waals surface area contributed by atoms with E-state index in [1.807, 2.05) is 6.07 Å². The molecule has 0 radical (unpaired) electrons. The second-order valence-corrected chi connectivity index (χ2v) is 6.58. The van der Waals surface area contributed by atoms with Crippen molar-refractivity contribution in [2.24, 2.45) is 5.73 Å². The Morgan fingerprint density at radius 1 is 1.07 bits per heavy atom. The molecule has 2 aromatic carbocycles. The molecule has 2 N–H and O–H groups in total. The van der Waals surface area contributed by atoms with E-state index in [9.17, 15) is 23.2 Å². The molecule has 1 aliphatic heterocycles. The lowest BCUT2D eigenvalue weighted by Gasteiger charge is -2.29. The molecule has 7 heteroatoms. The second kappa shape index (κ2) is 7.80. The fraction of sp³-hybridized carbons (Fsp3) is 0.300. The summed E-state index contributed by atoms with van der Waals surface area (Å²) >= 11 is 0. The van der Waals surface area contributed by atoms with Crippen LogP contribution in [0.15, 0.2) is 48.5 Å². The molecule has 2 aromatic rings. The maximum Gasteiger partial charge on any atom is 0.241 e. The van der Waals surface area contributed by atoms with Gasteiger partial charge in [0, 0.05) is 12.3 Å². The fourth-order valence-electron chi connectivity index (χ4n) is 3.43. The number of rotatable bonds is 4. The van der Waals surface area contributed by atoms with Crippen LogP contribution < -0.4 is 5.73 Å². The van der Waals surface area contributed by atoms with E-state index in [1.165, 1.54) is 48.5 Å². The van der Waals surface area contributed by atoms with E-state index < -0.39 is 41.7 Å². The summed E-state index contributed by atoms with van der Waals surface area (Å²) < 4.78 is 40.3. The number of benzene rings is 2. The summed E-state index contributed by atoms with van der Waals surface area (Å²) in [5.74, 6) is -2.15. The van der Waals surface area contributed by atoms with Gasteiger partial charge >= 0.3 is 0 Å². The summed E-state index contributed by atoms with van der Waals surface area (Å²) in [6.45, 7) is -0.190. The first-order valence-electron chi connectivity index (χ1n) is 8.51. The van der Waals surface area contributed by atoms with Crippen molar-refractivity contribution in [2.45, 2.75) is 30.6 Å². The fourth-order valence-corrected chi connectivity index (χ4v) is 3.43. The van der Waals surface area contributed by atoms with Gasteiger partial charge in [-0.25, -0.2) is 13.2 Å². The zero-order valence-corrected chi connectivity index (χ0v) is 14.4. The van der Waals surface area contributed by atoms with Crippen molar-refractivity contribution in [1.82, 2.24) is 4.90 Å². The van der Waals surface area contributed by atoms with Gasteiger partial charge < -0.3 is 10.6 Å². The van der Waals surface area contributed by atoms with Crippen LogP contribution in [0.25, 0.3) is 0 Å². The quantitative estimate of drug-likeness (QED) is 0.896. The molecule has 1 aliphatic rings. The summed E-state index contributed by atoms with van der Waals surface area (Å²) in [5.41, 5.74) is 7.36. The van der Waals surface area contributed by atoms with Crippen LogP contribution in [0.1, 0.15) is 23.5 Å².